The summed E-state index contributed by atoms with van der Waals surface area (Å²) < 4.78 is 37.6. The van der Waals surface area contributed by atoms with E-state index in [1.165, 1.54) is 29.9 Å². The first-order valence-corrected chi connectivity index (χ1v) is 10.7. The Morgan fingerprint density at radius 1 is 1.00 bits per heavy atom. The highest BCUT2D eigenvalue weighted by Gasteiger charge is 2.31. The Balaban J connectivity index is 1.71. The predicted molar refractivity (Wildman–Crippen MR) is 103 cm³/mol. The van der Waals surface area contributed by atoms with Gasteiger partial charge in [0.05, 0.1) is 14.2 Å². The van der Waals surface area contributed by atoms with Crippen molar-refractivity contribution in [2.24, 2.45) is 0 Å². The third-order valence-corrected chi connectivity index (χ3v) is 7.80. The van der Waals surface area contributed by atoms with Gasteiger partial charge in [0.15, 0.2) is 0 Å². The van der Waals surface area contributed by atoms with E-state index in [0.29, 0.717) is 34.4 Å². The average molecular weight is 411 g/mol. The quantitative estimate of drug-likeness (QED) is 0.756. The zero-order chi connectivity index (χ0) is 19.6. The zero-order valence-corrected chi connectivity index (χ0v) is 17.1. The molecule has 0 saturated carbocycles. The molecule has 2 heterocycles. The molecule has 1 aliphatic heterocycles. The fourth-order valence-corrected chi connectivity index (χ4v) is 5.78. The van der Waals surface area contributed by atoms with Crippen LogP contribution in [0, 0.1) is 6.92 Å². The van der Waals surface area contributed by atoms with E-state index in [0.717, 1.165) is 4.88 Å². The number of piperazine rings is 1. The van der Waals surface area contributed by atoms with Crippen LogP contribution in [-0.4, -0.2) is 63.9 Å². The molecule has 1 aliphatic rings. The van der Waals surface area contributed by atoms with E-state index in [2.05, 4.69) is 0 Å². The third kappa shape index (κ3) is 4.10. The number of hydrogen-bond donors (Lipinski definition) is 0. The smallest absolute Gasteiger partial charge is 0.254 e. The second kappa shape index (κ2) is 7.87. The molecule has 0 atom stereocenters. The Kier molecular flexibility index (Phi) is 5.73. The maximum Gasteiger partial charge on any atom is 0.254 e. The summed E-state index contributed by atoms with van der Waals surface area (Å²) in [7, 11) is -0.449. The van der Waals surface area contributed by atoms with E-state index in [9.17, 15) is 13.2 Å². The van der Waals surface area contributed by atoms with Crippen molar-refractivity contribution in [1.82, 2.24) is 9.21 Å². The Bertz CT molecular complexity index is 909. The summed E-state index contributed by atoms with van der Waals surface area (Å²) in [6.45, 7) is 3.09. The second-order valence-corrected chi connectivity index (χ2v) is 9.62. The Hall–Kier alpha value is -2.10. The summed E-state index contributed by atoms with van der Waals surface area (Å²) in [6, 6.07) is 8.44. The van der Waals surface area contributed by atoms with Crippen LogP contribution in [0.4, 0.5) is 0 Å². The van der Waals surface area contributed by atoms with Crippen LogP contribution in [0.2, 0.25) is 0 Å². The molecule has 0 radical (unpaired) electrons. The van der Waals surface area contributed by atoms with Gasteiger partial charge in [-0.3, -0.25) is 4.79 Å². The fourth-order valence-electron chi connectivity index (χ4n) is 2.92. The number of thiophene rings is 1. The van der Waals surface area contributed by atoms with Gasteiger partial charge in [-0.1, -0.05) is 0 Å². The first kappa shape index (κ1) is 19.7. The highest BCUT2D eigenvalue weighted by molar-refractivity contribution is 7.91. The molecule has 0 spiro atoms. The van der Waals surface area contributed by atoms with Crippen LogP contribution in [-0.2, 0) is 10.0 Å². The molecule has 27 heavy (non-hydrogen) atoms. The number of aryl methyl sites for hydroxylation is 1. The van der Waals surface area contributed by atoms with Crippen molar-refractivity contribution in [3.8, 4) is 11.5 Å². The molecule has 9 heteroatoms. The van der Waals surface area contributed by atoms with Crippen LogP contribution in [0.5, 0.6) is 11.5 Å². The van der Waals surface area contributed by atoms with Crippen molar-refractivity contribution < 1.29 is 22.7 Å². The van der Waals surface area contributed by atoms with Crippen molar-refractivity contribution in [2.45, 2.75) is 11.1 Å². The van der Waals surface area contributed by atoms with Crippen molar-refractivity contribution in [2.75, 3.05) is 40.4 Å². The molecule has 7 nitrogen and oxygen atoms in total. The molecule has 1 amide bonds. The molecule has 3 rings (SSSR count). The molecule has 0 aliphatic carbocycles. The number of amides is 1. The lowest BCUT2D eigenvalue weighted by molar-refractivity contribution is 0.0697. The van der Waals surface area contributed by atoms with Gasteiger partial charge in [0, 0.05) is 42.7 Å². The summed E-state index contributed by atoms with van der Waals surface area (Å²) in [5, 5.41) is 0. The molecule has 0 bridgehead atoms. The monoisotopic (exact) mass is 410 g/mol. The first-order valence-electron chi connectivity index (χ1n) is 8.44. The normalized spacial score (nSPS) is 15.6. The average Bonchev–Trinajstić information content (AvgIpc) is 3.14. The molecule has 2 aromatic rings. The van der Waals surface area contributed by atoms with Gasteiger partial charge >= 0.3 is 0 Å². The van der Waals surface area contributed by atoms with Gasteiger partial charge in [0.25, 0.3) is 15.9 Å². The number of benzene rings is 1. The molecule has 146 valence electrons. The maximum absolute atomic E-state index is 12.8. The van der Waals surface area contributed by atoms with E-state index in [1.807, 2.05) is 6.92 Å². The molecule has 0 unspecified atom stereocenters. The van der Waals surface area contributed by atoms with E-state index in [-0.39, 0.29) is 19.0 Å². The van der Waals surface area contributed by atoms with Crippen molar-refractivity contribution >= 4 is 27.3 Å². The van der Waals surface area contributed by atoms with Gasteiger partial charge in [-0.25, -0.2) is 8.42 Å². The van der Waals surface area contributed by atoms with Crippen LogP contribution in [0.1, 0.15) is 15.2 Å². The zero-order valence-electron chi connectivity index (χ0n) is 15.5. The lowest BCUT2D eigenvalue weighted by Crippen LogP contribution is -2.50. The number of hydrogen-bond acceptors (Lipinski definition) is 6. The largest absolute Gasteiger partial charge is 0.497 e. The summed E-state index contributed by atoms with van der Waals surface area (Å²) in [5.74, 6) is 0.898. The predicted octanol–water partition coefficient (Wildman–Crippen LogP) is 2.22. The standard InChI is InChI=1S/C18H22N2O5S2/c1-13-4-5-17(26-13)27(22,23)20-8-6-19(7-9-20)18(21)14-10-15(24-2)12-16(11-14)25-3/h4-5,10-12H,6-9H2,1-3H3. The third-order valence-electron chi connectivity index (χ3n) is 4.43. The Labute approximate surface area is 163 Å². The molecule has 1 aromatic carbocycles. The number of nitrogens with zero attached hydrogens (tertiary/aromatic N) is 2. The first-order chi connectivity index (χ1) is 12.8. The molecule has 1 saturated heterocycles. The number of carbonyl (C=O) groups is 1. The molecule has 1 aromatic heterocycles. The lowest BCUT2D eigenvalue weighted by atomic mass is 10.1. The van der Waals surface area contributed by atoms with Crippen molar-refractivity contribution in [3.63, 3.8) is 0 Å². The summed E-state index contributed by atoms with van der Waals surface area (Å²) >= 11 is 1.26. The number of ether oxygens (including phenoxy) is 2. The van der Waals surface area contributed by atoms with Crippen LogP contribution >= 0.6 is 11.3 Å². The van der Waals surface area contributed by atoms with Crippen LogP contribution in [0.3, 0.4) is 0 Å². The number of rotatable bonds is 5. The van der Waals surface area contributed by atoms with Gasteiger partial charge in [0.2, 0.25) is 0 Å². The number of methoxy groups -OCH3 is 2. The summed E-state index contributed by atoms with van der Waals surface area (Å²) in [5.41, 5.74) is 0.455. The number of sulfonamides is 1. The van der Waals surface area contributed by atoms with Crippen LogP contribution in [0.15, 0.2) is 34.5 Å². The SMILES string of the molecule is COc1cc(OC)cc(C(=O)N2CCN(S(=O)(=O)c3ccc(C)s3)CC2)c1. The van der Waals surface area contributed by atoms with Gasteiger partial charge < -0.3 is 14.4 Å². The molecular formula is C18H22N2O5S2. The van der Waals surface area contributed by atoms with Gasteiger partial charge in [0.1, 0.15) is 15.7 Å². The Morgan fingerprint density at radius 3 is 2.07 bits per heavy atom. The Morgan fingerprint density at radius 2 is 1.59 bits per heavy atom. The maximum atomic E-state index is 12.8. The van der Waals surface area contributed by atoms with Gasteiger partial charge in [-0.2, -0.15) is 4.31 Å². The van der Waals surface area contributed by atoms with Crippen molar-refractivity contribution in [3.05, 3.63) is 40.8 Å². The minimum absolute atomic E-state index is 0.170. The fraction of sp³-hybridized carbons (Fsp3) is 0.389. The van der Waals surface area contributed by atoms with E-state index in [1.54, 1.807) is 35.2 Å². The van der Waals surface area contributed by atoms with Crippen molar-refractivity contribution in [1.29, 1.82) is 0 Å². The van der Waals surface area contributed by atoms with E-state index >= 15 is 0 Å². The highest BCUT2D eigenvalue weighted by Crippen LogP contribution is 2.26. The lowest BCUT2D eigenvalue weighted by Gasteiger charge is -2.33. The van der Waals surface area contributed by atoms with Gasteiger partial charge in [-0.15, -0.1) is 11.3 Å². The molecular weight excluding hydrogens is 388 g/mol. The van der Waals surface area contributed by atoms with Crippen LogP contribution in [0.25, 0.3) is 0 Å². The molecule has 1 fully saturated rings. The van der Waals surface area contributed by atoms with E-state index < -0.39 is 10.0 Å². The van der Waals surface area contributed by atoms with Crippen LogP contribution < -0.4 is 9.47 Å². The summed E-state index contributed by atoms with van der Waals surface area (Å²) in [4.78, 5) is 15.4. The molecule has 0 N–H and O–H groups in total. The number of carbonyl (C=O) groups excluding carboxylic acids is 1. The van der Waals surface area contributed by atoms with Gasteiger partial charge in [-0.05, 0) is 31.2 Å². The second-order valence-electron chi connectivity index (χ2n) is 6.16. The van der Waals surface area contributed by atoms with E-state index in [4.69, 9.17) is 9.47 Å². The minimum atomic E-state index is -3.50. The minimum Gasteiger partial charge on any atom is -0.497 e. The highest BCUT2D eigenvalue weighted by atomic mass is 32.2. The summed E-state index contributed by atoms with van der Waals surface area (Å²) in [6.07, 6.45) is 0. The topological polar surface area (TPSA) is 76.2 Å².